The minimum atomic E-state index is -0.889. The Labute approximate surface area is 246 Å². The summed E-state index contributed by atoms with van der Waals surface area (Å²) in [7, 11) is 0.430. The first-order valence-corrected chi connectivity index (χ1v) is 16.6. The van der Waals surface area contributed by atoms with Crippen LogP contribution in [0, 0.1) is 6.92 Å². The van der Waals surface area contributed by atoms with Crippen molar-refractivity contribution in [3.8, 4) is 0 Å². The molecule has 0 bridgehead atoms. The fourth-order valence-corrected chi connectivity index (χ4v) is 12.0. The maximum absolute atomic E-state index is 2.47. The summed E-state index contributed by atoms with van der Waals surface area (Å²) in [5, 5.41) is 6.91. The Morgan fingerprint density at radius 3 is 1.22 bits per heavy atom. The van der Waals surface area contributed by atoms with Gasteiger partial charge in [0.15, 0.2) is 0 Å². The van der Waals surface area contributed by atoms with E-state index < -0.39 is 15.8 Å². The number of allylic oxidation sites excluding steroid dienone is 1. The molecule has 5 aromatic carbocycles. The van der Waals surface area contributed by atoms with Crippen LogP contribution < -0.4 is 26.1 Å². The topological polar surface area (TPSA) is 6.48 Å². The van der Waals surface area contributed by atoms with Crippen LogP contribution in [0.5, 0.6) is 0 Å². The van der Waals surface area contributed by atoms with E-state index >= 15 is 0 Å². The van der Waals surface area contributed by atoms with Crippen molar-refractivity contribution in [2.75, 3.05) is 11.9 Å². The molecular weight excluding hydrogens is 534 g/mol. The predicted octanol–water partition coefficient (Wildman–Crippen LogP) is 8.00. The quantitative estimate of drug-likeness (QED) is 0.184. The maximum atomic E-state index is 2.47. The Balaban J connectivity index is 1.73. The van der Waals surface area contributed by atoms with E-state index in [4.69, 9.17) is 0 Å². The summed E-state index contributed by atoms with van der Waals surface area (Å²) in [6, 6.07) is 53.4. The third kappa shape index (κ3) is 5.64. The lowest BCUT2D eigenvalue weighted by Gasteiger charge is -2.36. The van der Waals surface area contributed by atoms with E-state index in [9.17, 15) is 0 Å². The molecule has 0 aromatic heterocycles. The lowest BCUT2D eigenvalue weighted by atomic mass is 10.2. The van der Waals surface area contributed by atoms with Crippen molar-refractivity contribution in [3.05, 3.63) is 174 Å². The zero-order valence-electron chi connectivity index (χ0n) is 23.7. The predicted molar refractivity (Wildman–Crippen MR) is 180 cm³/mol. The minimum Gasteiger partial charge on any atom is -0.335 e. The van der Waals surface area contributed by atoms with E-state index in [1.165, 1.54) is 49.0 Å². The molecule has 0 saturated heterocycles. The molecule has 0 saturated carbocycles. The summed E-state index contributed by atoms with van der Waals surface area (Å²) in [5.41, 5.74) is 3.67. The molecule has 0 amide bonds. The summed E-state index contributed by atoms with van der Waals surface area (Å²) in [5.74, 6) is 1.25. The molecular formula is C37H34N2P2. The second-order valence-electron chi connectivity index (χ2n) is 10.2. The number of nitrogens with zero attached hydrogens (tertiary/aromatic N) is 2. The summed E-state index contributed by atoms with van der Waals surface area (Å²) in [4.78, 5) is 4.82. The normalized spacial score (nSPS) is 13.2. The highest BCUT2D eigenvalue weighted by atomic mass is 31.2. The highest BCUT2D eigenvalue weighted by molar-refractivity contribution is 7.94. The molecule has 0 fully saturated rings. The fourth-order valence-electron chi connectivity index (χ4n) is 5.40. The minimum absolute atomic E-state index is 0.889. The Morgan fingerprint density at radius 1 is 0.488 bits per heavy atom. The van der Waals surface area contributed by atoms with Crippen molar-refractivity contribution >= 4 is 42.7 Å². The largest absolute Gasteiger partial charge is 0.335 e. The van der Waals surface area contributed by atoms with Crippen molar-refractivity contribution in [2.45, 2.75) is 13.8 Å². The van der Waals surface area contributed by atoms with E-state index in [2.05, 4.69) is 182 Å². The van der Waals surface area contributed by atoms with Crippen molar-refractivity contribution in [1.29, 1.82) is 0 Å². The first-order chi connectivity index (χ1) is 20.1. The van der Waals surface area contributed by atoms with Crippen molar-refractivity contribution < 1.29 is 0 Å². The average molecular weight is 569 g/mol. The number of hydrogen-bond donors (Lipinski definition) is 0. The van der Waals surface area contributed by atoms with Crippen LogP contribution >= 0.6 is 15.8 Å². The Hall–Kier alpha value is -3.96. The molecule has 1 aliphatic heterocycles. The highest BCUT2D eigenvalue weighted by Gasteiger charge is 2.37. The van der Waals surface area contributed by atoms with Gasteiger partial charge in [-0.25, -0.2) is 0 Å². The van der Waals surface area contributed by atoms with E-state index in [1.807, 2.05) is 0 Å². The van der Waals surface area contributed by atoms with Gasteiger partial charge in [0.1, 0.15) is 5.82 Å². The molecule has 2 nitrogen and oxygen atoms in total. The van der Waals surface area contributed by atoms with Gasteiger partial charge in [0, 0.05) is 29.7 Å². The molecule has 202 valence electrons. The van der Waals surface area contributed by atoms with Crippen LogP contribution in [0.2, 0.25) is 0 Å². The molecule has 41 heavy (non-hydrogen) atoms. The second-order valence-corrected chi connectivity index (χ2v) is 14.9. The lowest BCUT2D eigenvalue weighted by molar-refractivity contribution is 0.584. The van der Waals surface area contributed by atoms with Gasteiger partial charge in [-0.2, -0.15) is 0 Å². The third-order valence-corrected chi connectivity index (χ3v) is 13.0. The van der Waals surface area contributed by atoms with E-state index in [-0.39, 0.29) is 0 Å². The Kier molecular flexibility index (Phi) is 8.15. The second kappa shape index (κ2) is 12.3. The van der Waals surface area contributed by atoms with E-state index in [1.54, 1.807) is 0 Å². The zero-order valence-corrected chi connectivity index (χ0v) is 25.5. The van der Waals surface area contributed by atoms with Crippen molar-refractivity contribution in [1.82, 2.24) is 4.90 Å². The molecule has 0 radical (unpaired) electrons. The van der Waals surface area contributed by atoms with Gasteiger partial charge in [0.2, 0.25) is 0 Å². The van der Waals surface area contributed by atoms with Crippen LogP contribution in [0.1, 0.15) is 12.5 Å². The zero-order chi connectivity index (χ0) is 28.2. The smallest absolute Gasteiger partial charge is 0.126 e. The van der Waals surface area contributed by atoms with Gasteiger partial charge in [-0.05, 0) is 63.0 Å². The van der Waals surface area contributed by atoms with Gasteiger partial charge in [0.25, 0.3) is 0 Å². The molecule has 0 N–H and O–H groups in total. The first-order valence-electron chi connectivity index (χ1n) is 13.9. The molecule has 1 aliphatic rings. The molecule has 0 atom stereocenters. The van der Waals surface area contributed by atoms with Crippen LogP contribution in [0.15, 0.2) is 168 Å². The molecule has 4 heteroatoms. The summed E-state index contributed by atoms with van der Waals surface area (Å²) < 4.78 is 0. The van der Waals surface area contributed by atoms with Gasteiger partial charge < -0.3 is 4.90 Å². The number of rotatable bonds is 7. The fraction of sp³-hybridized carbons (Fsp3) is 0.0811. The van der Waals surface area contributed by atoms with Crippen LogP contribution in [0.3, 0.4) is 0 Å². The average Bonchev–Trinajstić information content (AvgIpc) is 3.32. The molecule has 0 spiro atoms. The number of hydrogen-bond acceptors (Lipinski definition) is 2. The number of aryl methyl sites for hydroxylation is 1. The molecule has 0 unspecified atom stereocenters. The van der Waals surface area contributed by atoms with Gasteiger partial charge in [-0.1, -0.05) is 139 Å². The van der Waals surface area contributed by atoms with Gasteiger partial charge in [0.05, 0.1) is 0 Å². The van der Waals surface area contributed by atoms with E-state index in [0.29, 0.717) is 0 Å². The summed E-state index contributed by atoms with van der Waals surface area (Å²) >= 11 is 0. The van der Waals surface area contributed by atoms with Crippen LogP contribution in [-0.4, -0.2) is 11.9 Å². The first kappa shape index (κ1) is 27.2. The van der Waals surface area contributed by atoms with Crippen LogP contribution in [-0.2, 0) is 0 Å². The summed E-state index contributed by atoms with van der Waals surface area (Å²) in [6.45, 7) is 4.38. The number of benzene rings is 5. The highest BCUT2D eigenvalue weighted by Crippen LogP contribution is 2.63. The third-order valence-electron chi connectivity index (χ3n) is 7.25. The monoisotopic (exact) mass is 568 g/mol. The molecule has 0 aliphatic carbocycles. The Bertz CT molecular complexity index is 1480. The Morgan fingerprint density at radius 2 is 0.854 bits per heavy atom. The van der Waals surface area contributed by atoms with E-state index in [0.717, 1.165) is 0 Å². The van der Waals surface area contributed by atoms with Crippen molar-refractivity contribution in [2.24, 2.45) is 0 Å². The van der Waals surface area contributed by atoms with Gasteiger partial charge in [-0.3, -0.25) is 4.90 Å². The molecule has 6 rings (SSSR count). The SMILES string of the molecule is CC1=CN(C)C(=C(P(c2ccccc2)c2ccccc2)P(c2ccccc2)c2ccccc2)N1c1ccc(C)cc1. The van der Waals surface area contributed by atoms with Crippen LogP contribution in [0.25, 0.3) is 0 Å². The molecule has 1 heterocycles. The molecule has 5 aromatic rings. The van der Waals surface area contributed by atoms with Crippen LogP contribution in [0.4, 0.5) is 5.69 Å². The van der Waals surface area contributed by atoms with Crippen molar-refractivity contribution in [3.63, 3.8) is 0 Å². The number of anilines is 1. The lowest BCUT2D eigenvalue weighted by Crippen LogP contribution is -2.28. The summed E-state index contributed by atoms with van der Waals surface area (Å²) in [6.07, 6.45) is 2.28. The van der Waals surface area contributed by atoms with Gasteiger partial charge >= 0.3 is 0 Å². The van der Waals surface area contributed by atoms with Gasteiger partial charge in [-0.15, -0.1) is 0 Å². The maximum Gasteiger partial charge on any atom is 0.126 e. The standard InChI is InChI=1S/C37H34N2P2/c1-29-24-26-31(27-25-29)39-30(2)28-38(3)36(39)37(40(32-16-8-4-9-17-32)33-18-10-5-11-19-33)41(34-20-12-6-13-21-34)35-22-14-7-15-23-35/h4-28H,1-3H3.